The van der Waals surface area contributed by atoms with E-state index in [0.717, 1.165) is 12.1 Å². The van der Waals surface area contributed by atoms with Gasteiger partial charge < -0.3 is 15.0 Å². The van der Waals surface area contributed by atoms with E-state index in [9.17, 15) is 9.59 Å². The molecule has 5 nitrogen and oxygen atoms in total. The maximum atomic E-state index is 13.1. The van der Waals surface area contributed by atoms with Crippen LogP contribution in [0.25, 0.3) is 0 Å². The topological polar surface area (TPSA) is 58.6 Å². The third kappa shape index (κ3) is 4.33. The highest BCUT2D eigenvalue weighted by Gasteiger charge is 2.37. The first-order valence-electron chi connectivity index (χ1n) is 9.21. The first-order valence-corrected chi connectivity index (χ1v) is 10.1. The summed E-state index contributed by atoms with van der Waals surface area (Å²) in [7, 11) is 0. The van der Waals surface area contributed by atoms with Gasteiger partial charge >= 0.3 is 0 Å². The number of fused-ring (bicyclic) bond motifs is 1. The van der Waals surface area contributed by atoms with E-state index in [1.165, 1.54) is 11.3 Å². The molecule has 0 aliphatic carbocycles. The van der Waals surface area contributed by atoms with Crippen LogP contribution in [0.1, 0.15) is 43.8 Å². The summed E-state index contributed by atoms with van der Waals surface area (Å²) in [6.45, 7) is 9.05. The lowest BCUT2D eigenvalue weighted by Crippen LogP contribution is -2.42. The molecule has 27 heavy (non-hydrogen) atoms. The molecule has 2 amide bonds. The number of nitrogens with one attached hydrogen (secondary N) is 1. The van der Waals surface area contributed by atoms with Gasteiger partial charge in [0.05, 0.1) is 16.0 Å². The van der Waals surface area contributed by atoms with Gasteiger partial charge in [-0.05, 0) is 55.8 Å². The van der Waals surface area contributed by atoms with Gasteiger partial charge in [0.1, 0.15) is 12.4 Å². The van der Waals surface area contributed by atoms with Crippen LogP contribution in [0, 0.1) is 11.3 Å². The first kappa shape index (κ1) is 19.4. The summed E-state index contributed by atoms with van der Waals surface area (Å²) < 4.78 is 5.93. The maximum absolute atomic E-state index is 13.1. The molecule has 1 aliphatic heterocycles. The van der Waals surface area contributed by atoms with Gasteiger partial charge in [0.2, 0.25) is 5.91 Å². The molecule has 0 fully saturated rings. The number of benzene rings is 1. The van der Waals surface area contributed by atoms with E-state index in [2.05, 4.69) is 19.2 Å². The van der Waals surface area contributed by atoms with E-state index in [0.29, 0.717) is 35.4 Å². The molecule has 1 aromatic heterocycles. The minimum Gasteiger partial charge on any atom is -0.490 e. The van der Waals surface area contributed by atoms with E-state index >= 15 is 0 Å². The molecule has 0 saturated carbocycles. The summed E-state index contributed by atoms with van der Waals surface area (Å²) in [4.78, 5) is 27.9. The van der Waals surface area contributed by atoms with Gasteiger partial charge in [-0.1, -0.05) is 19.9 Å². The lowest BCUT2D eigenvalue weighted by atomic mass is 9.92. The lowest BCUT2D eigenvalue weighted by molar-refractivity contribution is -0.127. The van der Waals surface area contributed by atoms with Crippen LogP contribution in [0.3, 0.4) is 0 Å². The summed E-state index contributed by atoms with van der Waals surface area (Å²) in [6.07, 6.45) is 0.896. The summed E-state index contributed by atoms with van der Waals surface area (Å²) in [5.41, 5.74) is 0.768. The number of carbonyl (C=O) groups is 2. The Morgan fingerprint density at radius 3 is 2.78 bits per heavy atom. The smallest absolute Gasteiger partial charge is 0.265 e. The molecular formula is C21H26N2O3S. The van der Waals surface area contributed by atoms with Crippen LogP contribution >= 0.6 is 11.3 Å². The van der Waals surface area contributed by atoms with E-state index in [1.54, 1.807) is 6.07 Å². The number of hydrogen-bond acceptors (Lipinski definition) is 4. The Morgan fingerprint density at radius 1 is 1.33 bits per heavy atom. The summed E-state index contributed by atoms with van der Waals surface area (Å²) in [6, 6.07) is 9.11. The van der Waals surface area contributed by atoms with Crippen LogP contribution in [0.5, 0.6) is 5.75 Å². The van der Waals surface area contributed by atoms with Gasteiger partial charge in [-0.2, -0.15) is 0 Å². The number of nitrogens with zero attached hydrogens (tertiary/aromatic N) is 1. The Balaban J connectivity index is 1.92. The Hall–Kier alpha value is -2.34. The Labute approximate surface area is 164 Å². The minimum absolute atomic E-state index is 0.0450. The standard InChI is InChI=1S/C21H26N2O3S/c1-14(2)9-10-23-16-12-15(22-19(24)18-6-5-11-27-18)7-8-17(16)26-13-21(3,4)20(23)25/h5-8,11-12,14H,9-10,13H2,1-4H3,(H,22,24). The van der Waals surface area contributed by atoms with Crippen molar-refractivity contribution in [1.29, 1.82) is 0 Å². The maximum Gasteiger partial charge on any atom is 0.265 e. The molecule has 0 unspecified atom stereocenters. The number of ether oxygens (including phenoxy) is 1. The third-order valence-corrected chi connectivity index (χ3v) is 5.46. The van der Waals surface area contributed by atoms with Gasteiger partial charge in [0, 0.05) is 12.2 Å². The van der Waals surface area contributed by atoms with Crippen LogP contribution < -0.4 is 15.0 Å². The monoisotopic (exact) mass is 386 g/mol. The van der Waals surface area contributed by atoms with Crippen molar-refractivity contribution in [3.63, 3.8) is 0 Å². The highest BCUT2D eigenvalue weighted by atomic mass is 32.1. The number of hydrogen-bond donors (Lipinski definition) is 1. The molecule has 1 aliphatic rings. The quantitative estimate of drug-likeness (QED) is 0.803. The summed E-state index contributed by atoms with van der Waals surface area (Å²) >= 11 is 1.39. The van der Waals surface area contributed by atoms with Crippen molar-refractivity contribution >= 4 is 34.5 Å². The molecular weight excluding hydrogens is 360 g/mol. The van der Waals surface area contributed by atoms with Crippen molar-refractivity contribution in [3.05, 3.63) is 40.6 Å². The number of carbonyl (C=O) groups excluding carboxylic acids is 2. The van der Waals surface area contributed by atoms with Crippen molar-refractivity contribution in [3.8, 4) is 5.75 Å². The number of rotatable bonds is 5. The molecule has 0 radical (unpaired) electrons. The zero-order valence-electron chi connectivity index (χ0n) is 16.2. The Morgan fingerprint density at radius 2 is 2.11 bits per heavy atom. The molecule has 0 spiro atoms. The van der Waals surface area contributed by atoms with Crippen LogP contribution in [0.4, 0.5) is 11.4 Å². The van der Waals surface area contributed by atoms with E-state index in [1.807, 2.05) is 48.4 Å². The van der Waals surface area contributed by atoms with Crippen molar-refractivity contribution in [2.24, 2.45) is 11.3 Å². The third-order valence-electron chi connectivity index (χ3n) is 4.60. The molecule has 1 aromatic carbocycles. The molecule has 2 heterocycles. The highest BCUT2D eigenvalue weighted by molar-refractivity contribution is 7.12. The first-order chi connectivity index (χ1) is 12.8. The average Bonchev–Trinajstić information content (AvgIpc) is 3.12. The predicted octanol–water partition coefficient (Wildman–Crippen LogP) is 4.80. The zero-order valence-corrected chi connectivity index (χ0v) is 17.1. The number of anilines is 2. The van der Waals surface area contributed by atoms with Crippen molar-refractivity contribution in [2.75, 3.05) is 23.4 Å². The fourth-order valence-corrected chi connectivity index (χ4v) is 3.55. The van der Waals surface area contributed by atoms with E-state index in [4.69, 9.17) is 4.74 Å². The molecule has 0 atom stereocenters. The molecule has 3 rings (SSSR count). The van der Waals surface area contributed by atoms with E-state index < -0.39 is 5.41 Å². The predicted molar refractivity (Wildman–Crippen MR) is 110 cm³/mol. The fraction of sp³-hybridized carbons (Fsp3) is 0.429. The minimum atomic E-state index is -0.601. The van der Waals surface area contributed by atoms with Crippen LogP contribution in [0.2, 0.25) is 0 Å². The van der Waals surface area contributed by atoms with Gasteiger partial charge in [-0.25, -0.2) is 0 Å². The lowest BCUT2D eigenvalue weighted by Gasteiger charge is -2.28. The average molecular weight is 387 g/mol. The number of thiophene rings is 1. The zero-order chi connectivity index (χ0) is 19.6. The number of amides is 2. The van der Waals surface area contributed by atoms with Gasteiger partial charge in [0.25, 0.3) is 5.91 Å². The van der Waals surface area contributed by atoms with E-state index in [-0.39, 0.29) is 11.8 Å². The SMILES string of the molecule is CC(C)CCN1C(=O)C(C)(C)COc2ccc(NC(=O)c3cccs3)cc21. The second-order valence-electron chi connectivity index (χ2n) is 7.93. The normalized spacial score (nSPS) is 15.9. The molecule has 6 heteroatoms. The Kier molecular flexibility index (Phi) is 5.56. The molecule has 144 valence electrons. The fourth-order valence-electron chi connectivity index (χ4n) is 2.93. The molecule has 2 aromatic rings. The molecule has 0 saturated heterocycles. The highest BCUT2D eigenvalue weighted by Crippen LogP contribution is 2.38. The van der Waals surface area contributed by atoms with Crippen molar-refractivity contribution in [2.45, 2.75) is 34.1 Å². The summed E-state index contributed by atoms with van der Waals surface area (Å²) in [5.74, 6) is 1.05. The van der Waals surface area contributed by atoms with Crippen molar-refractivity contribution < 1.29 is 14.3 Å². The van der Waals surface area contributed by atoms with Crippen LogP contribution in [0.15, 0.2) is 35.7 Å². The molecule has 0 bridgehead atoms. The van der Waals surface area contributed by atoms with Gasteiger partial charge in [0.15, 0.2) is 0 Å². The second-order valence-corrected chi connectivity index (χ2v) is 8.87. The summed E-state index contributed by atoms with van der Waals surface area (Å²) in [5, 5.41) is 4.78. The van der Waals surface area contributed by atoms with Crippen molar-refractivity contribution in [1.82, 2.24) is 0 Å². The molecule has 1 N–H and O–H groups in total. The second kappa shape index (κ2) is 7.72. The van der Waals surface area contributed by atoms with Crippen LogP contribution in [-0.2, 0) is 4.79 Å². The largest absolute Gasteiger partial charge is 0.490 e. The van der Waals surface area contributed by atoms with Gasteiger partial charge in [-0.3, -0.25) is 9.59 Å². The van der Waals surface area contributed by atoms with Crippen LogP contribution in [-0.4, -0.2) is 25.0 Å². The van der Waals surface area contributed by atoms with Gasteiger partial charge in [-0.15, -0.1) is 11.3 Å². The Bertz CT molecular complexity index is 828.